The summed E-state index contributed by atoms with van der Waals surface area (Å²) in [6.07, 6.45) is 2.58. The summed E-state index contributed by atoms with van der Waals surface area (Å²) in [6, 6.07) is 3.74. The van der Waals surface area contributed by atoms with Gasteiger partial charge in [0, 0.05) is 17.7 Å². The van der Waals surface area contributed by atoms with Crippen molar-refractivity contribution in [1.29, 1.82) is 0 Å². The number of benzene rings is 1. The van der Waals surface area contributed by atoms with E-state index < -0.39 is 14.9 Å². The van der Waals surface area contributed by atoms with Crippen LogP contribution in [0.3, 0.4) is 0 Å². The van der Waals surface area contributed by atoms with Crippen molar-refractivity contribution in [2.75, 3.05) is 6.54 Å². The summed E-state index contributed by atoms with van der Waals surface area (Å²) in [5.74, 6) is 0.125. The van der Waals surface area contributed by atoms with Crippen molar-refractivity contribution in [1.82, 2.24) is 4.72 Å². The second-order valence-corrected chi connectivity index (χ2v) is 7.07. The van der Waals surface area contributed by atoms with Gasteiger partial charge in [0.2, 0.25) is 10.0 Å². The lowest BCUT2D eigenvalue weighted by Gasteiger charge is -2.19. The predicted molar refractivity (Wildman–Crippen MR) is 78.3 cm³/mol. The molecule has 0 aliphatic heterocycles. The van der Waals surface area contributed by atoms with E-state index in [0.717, 1.165) is 25.3 Å². The standard InChI is InChI=1S/C13H19N3O4S/c1-9-5-6-11(7-13(9)16(17)18)21(19,20)15-12-4-2-3-10(12)8-14/h5-7,10,12,15H,2-4,8,14H2,1H3/t10-,12+/m1/s1. The summed E-state index contributed by atoms with van der Waals surface area (Å²) >= 11 is 0. The molecule has 116 valence electrons. The Bertz CT molecular complexity index is 645. The van der Waals surface area contributed by atoms with Crippen LogP contribution in [0, 0.1) is 23.0 Å². The molecule has 0 aromatic heterocycles. The van der Waals surface area contributed by atoms with E-state index in [1.165, 1.54) is 12.1 Å². The second-order valence-electron chi connectivity index (χ2n) is 5.36. The third kappa shape index (κ3) is 3.39. The largest absolute Gasteiger partial charge is 0.330 e. The molecule has 0 amide bonds. The number of rotatable bonds is 5. The molecule has 8 heteroatoms. The van der Waals surface area contributed by atoms with Crippen LogP contribution in [0.15, 0.2) is 23.1 Å². The number of nitrogens with zero attached hydrogens (tertiary/aromatic N) is 1. The summed E-state index contributed by atoms with van der Waals surface area (Å²) in [6.45, 7) is 2.00. The number of nitrogens with two attached hydrogens (primary N) is 1. The summed E-state index contributed by atoms with van der Waals surface area (Å²) in [7, 11) is -3.77. The molecular formula is C13H19N3O4S. The van der Waals surface area contributed by atoms with Crippen molar-refractivity contribution in [2.45, 2.75) is 37.1 Å². The predicted octanol–water partition coefficient (Wildman–Crippen LogP) is 1.31. The fourth-order valence-electron chi connectivity index (χ4n) is 2.69. The molecule has 2 rings (SSSR count). The Hall–Kier alpha value is -1.51. The van der Waals surface area contributed by atoms with Crippen LogP contribution in [0.5, 0.6) is 0 Å². The van der Waals surface area contributed by atoms with E-state index >= 15 is 0 Å². The Labute approximate surface area is 123 Å². The number of sulfonamides is 1. The van der Waals surface area contributed by atoms with Crippen molar-refractivity contribution in [3.63, 3.8) is 0 Å². The van der Waals surface area contributed by atoms with Crippen LogP contribution >= 0.6 is 0 Å². The first kappa shape index (κ1) is 15.9. The van der Waals surface area contributed by atoms with E-state index in [2.05, 4.69) is 4.72 Å². The lowest BCUT2D eigenvalue weighted by molar-refractivity contribution is -0.385. The van der Waals surface area contributed by atoms with Crippen molar-refractivity contribution in [3.05, 3.63) is 33.9 Å². The minimum absolute atomic E-state index is 0.0810. The molecule has 0 bridgehead atoms. The maximum atomic E-state index is 12.4. The van der Waals surface area contributed by atoms with E-state index in [0.29, 0.717) is 12.1 Å². The fraction of sp³-hybridized carbons (Fsp3) is 0.538. The lowest BCUT2D eigenvalue weighted by Crippen LogP contribution is -2.39. The van der Waals surface area contributed by atoms with Gasteiger partial charge in [-0.2, -0.15) is 0 Å². The fourth-order valence-corrected chi connectivity index (χ4v) is 4.05. The Kier molecular flexibility index (Phi) is 4.60. The monoisotopic (exact) mass is 313 g/mol. The highest BCUT2D eigenvalue weighted by molar-refractivity contribution is 7.89. The molecule has 0 spiro atoms. The molecule has 0 heterocycles. The quantitative estimate of drug-likeness (QED) is 0.628. The smallest absolute Gasteiger partial charge is 0.273 e. The lowest BCUT2D eigenvalue weighted by atomic mass is 10.1. The van der Waals surface area contributed by atoms with Crippen LogP contribution < -0.4 is 10.5 Å². The van der Waals surface area contributed by atoms with Gasteiger partial charge in [0.15, 0.2) is 0 Å². The Balaban J connectivity index is 2.27. The minimum atomic E-state index is -3.77. The van der Waals surface area contributed by atoms with Gasteiger partial charge in [0.1, 0.15) is 0 Å². The molecule has 2 atom stereocenters. The SMILES string of the molecule is Cc1ccc(S(=O)(=O)N[C@H]2CCC[C@@H]2CN)cc1[N+](=O)[O-]. The molecule has 1 saturated carbocycles. The number of nitrogens with one attached hydrogen (secondary N) is 1. The normalized spacial score (nSPS) is 22.4. The molecule has 1 aliphatic rings. The zero-order valence-electron chi connectivity index (χ0n) is 11.8. The van der Waals surface area contributed by atoms with Gasteiger partial charge >= 0.3 is 0 Å². The van der Waals surface area contributed by atoms with Gasteiger partial charge < -0.3 is 5.73 Å². The third-order valence-electron chi connectivity index (χ3n) is 3.96. The summed E-state index contributed by atoms with van der Waals surface area (Å²) in [4.78, 5) is 10.3. The molecular weight excluding hydrogens is 294 g/mol. The third-order valence-corrected chi connectivity index (χ3v) is 5.44. The summed E-state index contributed by atoms with van der Waals surface area (Å²) in [5, 5.41) is 10.9. The average molecular weight is 313 g/mol. The Morgan fingerprint density at radius 1 is 1.43 bits per heavy atom. The van der Waals surface area contributed by atoms with Crippen LogP contribution in [0.2, 0.25) is 0 Å². The zero-order chi connectivity index (χ0) is 15.6. The van der Waals surface area contributed by atoms with Gasteiger partial charge in [-0.3, -0.25) is 10.1 Å². The second kappa shape index (κ2) is 6.08. The van der Waals surface area contributed by atoms with E-state index in [9.17, 15) is 18.5 Å². The number of hydrogen-bond donors (Lipinski definition) is 2. The van der Waals surface area contributed by atoms with Crippen LogP contribution in [0.1, 0.15) is 24.8 Å². The molecule has 0 radical (unpaired) electrons. The number of aryl methyl sites for hydroxylation is 1. The molecule has 3 N–H and O–H groups in total. The number of hydrogen-bond acceptors (Lipinski definition) is 5. The van der Waals surface area contributed by atoms with E-state index in [1.807, 2.05) is 0 Å². The highest BCUT2D eigenvalue weighted by atomic mass is 32.2. The number of nitro groups is 1. The molecule has 1 fully saturated rings. The molecule has 1 aromatic rings. The van der Waals surface area contributed by atoms with Crippen molar-refractivity contribution >= 4 is 15.7 Å². The summed E-state index contributed by atoms with van der Waals surface area (Å²) < 4.78 is 27.4. The van der Waals surface area contributed by atoms with Gasteiger partial charge in [0.05, 0.1) is 9.82 Å². The number of nitro benzene ring substituents is 1. The van der Waals surface area contributed by atoms with Crippen LogP contribution in [-0.2, 0) is 10.0 Å². The van der Waals surface area contributed by atoms with Crippen LogP contribution in [0.25, 0.3) is 0 Å². The maximum Gasteiger partial charge on any atom is 0.273 e. The topological polar surface area (TPSA) is 115 Å². The first-order valence-corrected chi connectivity index (χ1v) is 8.31. The van der Waals surface area contributed by atoms with Gasteiger partial charge in [-0.1, -0.05) is 12.5 Å². The molecule has 1 aromatic carbocycles. The van der Waals surface area contributed by atoms with Crippen LogP contribution in [-0.4, -0.2) is 25.9 Å². The van der Waals surface area contributed by atoms with E-state index in [-0.39, 0.29) is 22.5 Å². The zero-order valence-corrected chi connectivity index (χ0v) is 12.6. The van der Waals surface area contributed by atoms with Gasteiger partial charge in [-0.25, -0.2) is 13.1 Å². The first-order valence-electron chi connectivity index (χ1n) is 6.82. The molecule has 21 heavy (non-hydrogen) atoms. The first-order chi connectivity index (χ1) is 9.85. The van der Waals surface area contributed by atoms with E-state index in [1.54, 1.807) is 6.92 Å². The summed E-state index contributed by atoms with van der Waals surface area (Å²) in [5.41, 5.74) is 5.88. The highest BCUT2D eigenvalue weighted by Gasteiger charge is 2.31. The molecule has 7 nitrogen and oxygen atoms in total. The molecule has 0 saturated heterocycles. The average Bonchev–Trinajstić information content (AvgIpc) is 2.85. The van der Waals surface area contributed by atoms with Gasteiger partial charge in [0.25, 0.3) is 5.69 Å². The van der Waals surface area contributed by atoms with Crippen molar-refractivity contribution in [3.8, 4) is 0 Å². The van der Waals surface area contributed by atoms with Crippen molar-refractivity contribution in [2.24, 2.45) is 11.7 Å². The minimum Gasteiger partial charge on any atom is -0.330 e. The molecule has 0 unspecified atom stereocenters. The van der Waals surface area contributed by atoms with Crippen molar-refractivity contribution < 1.29 is 13.3 Å². The molecule has 1 aliphatic carbocycles. The Morgan fingerprint density at radius 2 is 2.14 bits per heavy atom. The van der Waals surface area contributed by atoms with Gasteiger partial charge in [-0.15, -0.1) is 0 Å². The van der Waals surface area contributed by atoms with E-state index in [4.69, 9.17) is 5.73 Å². The highest BCUT2D eigenvalue weighted by Crippen LogP contribution is 2.27. The maximum absolute atomic E-state index is 12.4. The Morgan fingerprint density at radius 3 is 2.76 bits per heavy atom. The van der Waals surface area contributed by atoms with Gasteiger partial charge in [-0.05, 0) is 38.3 Å². The van der Waals surface area contributed by atoms with Crippen LogP contribution in [0.4, 0.5) is 5.69 Å².